The minimum atomic E-state index is -0.0810. The van der Waals surface area contributed by atoms with Gasteiger partial charge in [-0.25, -0.2) is 0 Å². The normalized spacial score (nSPS) is 24.5. The Morgan fingerprint density at radius 1 is 1.33 bits per heavy atom. The fourth-order valence-electron chi connectivity index (χ4n) is 3.34. The van der Waals surface area contributed by atoms with Crippen LogP contribution in [0.15, 0.2) is 24.3 Å². The van der Waals surface area contributed by atoms with E-state index in [1.807, 2.05) is 17.9 Å². The summed E-state index contributed by atoms with van der Waals surface area (Å²) in [5, 5.41) is 0. The van der Waals surface area contributed by atoms with E-state index in [0.717, 1.165) is 44.8 Å². The number of para-hydroxylation sites is 1. The number of amides is 1. The number of rotatable bonds is 2. The van der Waals surface area contributed by atoms with E-state index in [1.54, 1.807) is 0 Å². The summed E-state index contributed by atoms with van der Waals surface area (Å²) in [4.78, 5) is 17.1. The lowest BCUT2D eigenvalue weighted by Crippen LogP contribution is -2.53. The summed E-state index contributed by atoms with van der Waals surface area (Å²) in [6.07, 6.45) is 2.33. The SMILES string of the molecule is CC1CN(C(C)C(=O)N2CCCc3ccccc32)CCO1. The second-order valence-electron chi connectivity index (χ2n) is 6.07. The van der Waals surface area contributed by atoms with Gasteiger partial charge < -0.3 is 9.64 Å². The first-order valence-electron chi connectivity index (χ1n) is 7.92. The molecule has 2 unspecified atom stereocenters. The third-order valence-electron chi connectivity index (χ3n) is 4.55. The zero-order valence-corrected chi connectivity index (χ0v) is 12.9. The smallest absolute Gasteiger partial charge is 0.244 e. The van der Waals surface area contributed by atoms with Crippen LogP contribution in [0.1, 0.15) is 25.8 Å². The van der Waals surface area contributed by atoms with Crippen molar-refractivity contribution in [1.82, 2.24) is 4.90 Å². The van der Waals surface area contributed by atoms with Crippen LogP contribution in [0.2, 0.25) is 0 Å². The predicted molar refractivity (Wildman–Crippen MR) is 83.6 cm³/mol. The molecule has 21 heavy (non-hydrogen) atoms. The zero-order valence-electron chi connectivity index (χ0n) is 12.9. The Morgan fingerprint density at radius 2 is 2.14 bits per heavy atom. The largest absolute Gasteiger partial charge is 0.376 e. The fraction of sp³-hybridized carbons (Fsp3) is 0.588. The van der Waals surface area contributed by atoms with Gasteiger partial charge >= 0.3 is 0 Å². The maximum atomic E-state index is 12.9. The molecule has 0 N–H and O–H groups in total. The van der Waals surface area contributed by atoms with Crippen molar-refractivity contribution >= 4 is 11.6 Å². The lowest BCUT2D eigenvalue weighted by atomic mass is 10.0. The molecule has 3 rings (SSSR count). The number of benzene rings is 1. The van der Waals surface area contributed by atoms with Crippen molar-refractivity contribution in [3.05, 3.63) is 29.8 Å². The Morgan fingerprint density at radius 3 is 2.95 bits per heavy atom. The van der Waals surface area contributed by atoms with Crippen LogP contribution in [0.3, 0.4) is 0 Å². The molecule has 1 aromatic rings. The average molecular weight is 288 g/mol. The van der Waals surface area contributed by atoms with Gasteiger partial charge in [-0.2, -0.15) is 0 Å². The number of morpholine rings is 1. The highest BCUT2D eigenvalue weighted by Gasteiger charge is 2.31. The van der Waals surface area contributed by atoms with Crippen LogP contribution in [-0.4, -0.2) is 49.2 Å². The summed E-state index contributed by atoms with van der Waals surface area (Å²) < 4.78 is 5.57. The summed E-state index contributed by atoms with van der Waals surface area (Å²) in [5.41, 5.74) is 2.39. The second-order valence-corrected chi connectivity index (χ2v) is 6.07. The predicted octanol–water partition coefficient (Wildman–Crippen LogP) is 2.07. The zero-order chi connectivity index (χ0) is 14.8. The van der Waals surface area contributed by atoms with E-state index in [9.17, 15) is 4.79 Å². The van der Waals surface area contributed by atoms with Gasteiger partial charge in [-0.3, -0.25) is 9.69 Å². The van der Waals surface area contributed by atoms with E-state index in [4.69, 9.17) is 4.74 Å². The van der Waals surface area contributed by atoms with E-state index in [0.29, 0.717) is 0 Å². The maximum absolute atomic E-state index is 12.9. The number of fused-ring (bicyclic) bond motifs is 1. The Bertz CT molecular complexity index is 517. The van der Waals surface area contributed by atoms with Crippen molar-refractivity contribution in [3.8, 4) is 0 Å². The first-order valence-corrected chi connectivity index (χ1v) is 7.92. The third kappa shape index (κ3) is 2.97. The first kappa shape index (κ1) is 14.5. The molecule has 2 atom stereocenters. The molecule has 1 aromatic carbocycles. The minimum absolute atomic E-state index is 0.0810. The van der Waals surface area contributed by atoms with E-state index in [1.165, 1.54) is 5.56 Å². The summed E-state index contributed by atoms with van der Waals surface area (Å²) in [6.45, 7) is 7.32. The van der Waals surface area contributed by atoms with E-state index >= 15 is 0 Å². The Labute approximate surface area is 126 Å². The lowest BCUT2D eigenvalue weighted by molar-refractivity contribution is -0.126. The minimum Gasteiger partial charge on any atom is -0.376 e. The molecule has 2 aliphatic rings. The summed E-state index contributed by atoms with van der Waals surface area (Å²) in [6, 6.07) is 8.20. The molecule has 114 valence electrons. The van der Waals surface area contributed by atoms with E-state index < -0.39 is 0 Å². The third-order valence-corrected chi connectivity index (χ3v) is 4.55. The Kier molecular flexibility index (Phi) is 4.27. The number of carbonyl (C=O) groups excluding carboxylic acids is 1. The van der Waals surface area contributed by atoms with E-state index in [-0.39, 0.29) is 18.1 Å². The molecule has 4 heteroatoms. The van der Waals surface area contributed by atoms with Crippen LogP contribution in [0.25, 0.3) is 0 Å². The maximum Gasteiger partial charge on any atom is 0.244 e. The average Bonchev–Trinajstić information content (AvgIpc) is 2.53. The van der Waals surface area contributed by atoms with Crippen molar-refractivity contribution in [2.75, 3.05) is 31.1 Å². The van der Waals surface area contributed by atoms with Gasteiger partial charge in [0.25, 0.3) is 0 Å². The molecule has 2 heterocycles. The van der Waals surface area contributed by atoms with Gasteiger partial charge in [0.2, 0.25) is 5.91 Å². The van der Waals surface area contributed by atoms with Crippen LogP contribution >= 0.6 is 0 Å². The molecule has 4 nitrogen and oxygen atoms in total. The summed E-state index contributed by atoms with van der Waals surface area (Å²) in [7, 11) is 0. The molecule has 0 saturated carbocycles. The highest BCUT2D eigenvalue weighted by molar-refractivity contribution is 5.98. The molecule has 1 amide bonds. The molecule has 1 fully saturated rings. The van der Waals surface area contributed by atoms with Crippen LogP contribution in [-0.2, 0) is 16.0 Å². The van der Waals surface area contributed by atoms with Gasteiger partial charge in [0.1, 0.15) is 0 Å². The molecular formula is C17H24N2O2. The highest BCUT2D eigenvalue weighted by Crippen LogP contribution is 2.27. The molecule has 0 aromatic heterocycles. The van der Waals surface area contributed by atoms with Crippen LogP contribution < -0.4 is 4.90 Å². The van der Waals surface area contributed by atoms with Crippen molar-refractivity contribution in [2.45, 2.75) is 38.8 Å². The van der Waals surface area contributed by atoms with Gasteiger partial charge in [-0.05, 0) is 38.3 Å². The summed E-state index contributed by atoms with van der Waals surface area (Å²) in [5.74, 6) is 0.219. The Balaban J connectivity index is 1.76. The number of hydrogen-bond acceptors (Lipinski definition) is 3. The van der Waals surface area contributed by atoms with Gasteiger partial charge in [0, 0.05) is 25.3 Å². The van der Waals surface area contributed by atoms with Crippen LogP contribution in [0.4, 0.5) is 5.69 Å². The summed E-state index contributed by atoms with van der Waals surface area (Å²) >= 11 is 0. The highest BCUT2D eigenvalue weighted by atomic mass is 16.5. The topological polar surface area (TPSA) is 32.8 Å². The van der Waals surface area contributed by atoms with Crippen LogP contribution in [0.5, 0.6) is 0 Å². The van der Waals surface area contributed by atoms with Gasteiger partial charge in [-0.15, -0.1) is 0 Å². The van der Waals surface area contributed by atoms with Crippen molar-refractivity contribution < 1.29 is 9.53 Å². The molecule has 0 bridgehead atoms. The number of hydrogen-bond donors (Lipinski definition) is 0. The van der Waals surface area contributed by atoms with Crippen molar-refractivity contribution in [2.24, 2.45) is 0 Å². The quantitative estimate of drug-likeness (QED) is 0.835. The van der Waals surface area contributed by atoms with Crippen LogP contribution in [0, 0.1) is 0 Å². The molecular weight excluding hydrogens is 264 g/mol. The molecule has 0 aliphatic carbocycles. The molecule has 1 saturated heterocycles. The standard InChI is InChI=1S/C17H24N2O2/c1-13-12-18(10-11-21-13)14(2)17(20)19-9-5-7-15-6-3-4-8-16(15)19/h3-4,6,8,13-14H,5,7,9-12H2,1-2H3. The second kappa shape index (κ2) is 6.16. The lowest BCUT2D eigenvalue weighted by Gasteiger charge is -2.38. The van der Waals surface area contributed by atoms with Crippen molar-refractivity contribution in [3.63, 3.8) is 0 Å². The number of nitrogens with zero attached hydrogens (tertiary/aromatic N) is 2. The number of ether oxygens (including phenoxy) is 1. The monoisotopic (exact) mass is 288 g/mol. The number of carbonyl (C=O) groups is 1. The fourth-order valence-corrected chi connectivity index (χ4v) is 3.34. The molecule has 0 radical (unpaired) electrons. The first-order chi connectivity index (χ1) is 10.2. The Hall–Kier alpha value is -1.39. The molecule has 2 aliphatic heterocycles. The van der Waals surface area contributed by atoms with Gasteiger partial charge in [0.05, 0.1) is 18.8 Å². The van der Waals surface area contributed by atoms with Gasteiger partial charge in [-0.1, -0.05) is 18.2 Å². The number of anilines is 1. The van der Waals surface area contributed by atoms with Gasteiger partial charge in [0.15, 0.2) is 0 Å². The van der Waals surface area contributed by atoms with E-state index in [2.05, 4.69) is 30.0 Å². The number of aryl methyl sites for hydroxylation is 1. The molecule has 0 spiro atoms. The van der Waals surface area contributed by atoms with Crippen molar-refractivity contribution in [1.29, 1.82) is 0 Å².